The van der Waals surface area contributed by atoms with Crippen LogP contribution in [0.4, 0.5) is 0 Å². The summed E-state index contributed by atoms with van der Waals surface area (Å²) < 4.78 is 21.5. The summed E-state index contributed by atoms with van der Waals surface area (Å²) in [7, 11) is 4.69. The van der Waals surface area contributed by atoms with E-state index in [0.717, 1.165) is 0 Å². The van der Waals surface area contributed by atoms with Crippen LogP contribution in [-0.2, 0) is 0 Å². The smallest absolute Gasteiger partial charge is 0.203 e. The standard InChI is InChI=1S/C13H21NO4/c1-13(2,8-14)18-9-6-10(15-3)12(17-5)11(7-9)16-4/h6-7H,8,14H2,1-5H3. The Kier molecular flexibility index (Phi) is 4.67. The van der Waals surface area contributed by atoms with Crippen molar-refractivity contribution in [2.75, 3.05) is 27.9 Å². The second-order valence-corrected chi connectivity index (χ2v) is 4.43. The molecule has 0 saturated heterocycles. The van der Waals surface area contributed by atoms with Gasteiger partial charge in [0.05, 0.1) is 21.3 Å². The first-order chi connectivity index (χ1) is 8.47. The molecular formula is C13H21NO4. The van der Waals surface area contributed by atoms with Crippen molar-refractivity contribution >= 4 is 0 Å². The van der Waals surface area contributed by atoms with Crippen LogP contribution in [0.15, 0.2) is 12.1 Å². The van der Waals surface area contributed by atoms with Gasteiger partial charge in [-0.25, -0.2) is 0 Å². The van der Waals surface area contributed by atoms with Crippen molar-refractivity contribution < 1.29 is 18.9 Å². The summed E-state index contributed by atoms with van der Waals surface area (Å²) in [6.45, 7) is 4.23. The number of methoxy groups -OCH3 is 3. The van der Waals surface area contributed by atoms with E-state index >= 15 is 0 Å². The van der Waals surface area contributed by atoms with Crippen molar-refractivity contribution in [3.63, 3.8) is 0 Å². The summed E-state index contributed by atoms with van der Waals surface area (Å²) in [5.41, 5.74) is 5.19. The fourth-order valence-corrected chi connectivity index (χ4v) is 1.48. The summed E-state index contributed by atoms with van der Waals surface area (Å²) in [5.74, 6) is 2.28. The number of hydrogen-bond acceptors (Lipinski definition) is 5. The fourth-order valence-electron chi connectivity index (χ4n) is 1.48. The van der Waals surface area contributed by atoms with Crippen molar-refractivity contribution in [3.8, 4) is 23.0 Å². The Hall–Kier alpha value is -1.62. The number of ether oxygens (including phenoxy) is 4. The highest BCUT2D eigenvalue weighted by Gasteiger charge is 2.20. The third-order valence-corrected chi connectivity index (χ3v) is 2.52. The normalized spacial score (nSPS) is 11.0. The summed E-state index contributed by atoms with van der Waals surface area (Å²) in [6, 6.07) is 3.50. The average Bonchev–Trinajstić information content (AvgIpc) is 2.37. The van der Waals surface area contributed by atoms with E-state index in [1.165, 1.54) is 0 Å². The van der Waals surface area contributed by atoms with Gasteiger partial charge in [0.1, 0.15) is 11.4 Å². The fraction of sp³-hybridized carbons (Fsp3) is 0.538. The van der Waals surface area contributed by atoms with Gasteiger partial charge in [-0.2, -0.15) is 0 Å². The minimum atomic E-state index is -0.454. The Morgan fingerprint density at radius 2 is 1.50 bits per heavy atom. The predicted molar refractivity (Wildman–Crippen MR) is 69.9 cm³/mol. The maximum absolute atomic E-state index is 5.79. The van der Waals surface area contributed by atoms with E-state index in [1.807, 2.05) is 13.8 Å². The molecule has 0 aromatic heterocycles. The summed E-state index contributed by atoms with van der Waals surface area (Å²) in [4.78, 5) is 0. The van der Waals surface area contributed by atoms with Gasteiger partial charge in [0, 0.05) is 18.7 Å². The molecule has 1 rings (SSSR count). The quantitative estimate of drug-likeness (QED) is 0.840. The van der Waals surface area contributed by atoms with E-state index in [0.29, 0.717) is 29.5 Å². The van der Waals surface area contributed by atoms with Crippen LogP contribution in [0.2, 0.25) is 0 Å². The lowest BCUT2D eigenvalue weighted by molar-refractivity contribution is 0.118. The van der Waals surface area contributed by atoms with Crippen LogP contribution < -0.4 is 24.7 Å². The van der Waals surface area contributed by atoms with Crippen LogP contribution in [0, 0.1) is 0 Å². The summed E-state index contributed by atoms with van der Waals surface area (Å²) in [5, 5.41) is 0. The molecule has 2 N–H and O–H groups in total. The van der Waals surface area contributed by atoms with Gasteiger partial charge < -0.3 is 24.7 Å². The van der Waals surface area contributed by atoms with Crippen LogP contribution >= 0.6 is 0 Å². The molecule has 0 aliphatic rings. The molecular weight excluding hydrogens is 234 g/mol. The van der Waals surface area contributed by atoms with Crippen LogP contribution in [0.5, 0.6) is 23.0 Å². The minimum absolute atomic E-state index is 0.406. The topological polar surface area (TPSA) is 62.9 Å². The monoisotopic (exact) mass is 255 g/mol. The Bertz CT molecular complexity index is 379. The second kappa shape index (κ2) is 5.82. The first-order valence-corrected chi connectivity index (χ1v) is 5.66. The van der Waals surface area contributed by atoms with Crippen molar-refractivity contribution in [1.82, 2.24) is 0 Å². The highest BCUT2D eigenvalue weighted by molar-refractivity contribution is 5.56. The van der Waals surface area contributed by atoms with E-state index in [9.17, 15) is 0 Å². The van der Waals surface area contributed by atoms with E-state index in [4.69, 9.17) is 24.7 Å². The minimum Gasteiger partial charge on any atom is -0.493 e. The highest BCUT2D eigenvalue weighted by atomic mass is 16.5. The lowest BCUT2D eigenvalue weighted by Gasteiger charge is -2.25. The summed E-state index contributed by atoms with van der Waals surface area (Å²) >= 11 is 0. The first-order valence-electron chi connectivity index (χ1n) is 5.66. The molecule has 0 bridgehead atoms. The molecule has 0 heterocycles. The largest absolute Gasteiger partial charge is 0.493 e. The Morgan fingerprint density at radius 1 is 1.00 bits per heavy atom. The zero-order valence-corrected chi connectivity index (χ0v) is 11.6. The van der Waals surface area contributed by atoms with Crippen molar-refractivity contribution in [2.24, 2.45) is 5.73 Å². The van der Waals surface area contributed by atoms with Gasteiger partial charge >= 0.3 is 0 Å². The molecule has 1 aromatic rings. The molecule has 0 unspecified atom stereocenters. The van der Waals surface area contributed by atoms with E-state index in [1.54, 1.807) is 33.5 Å². The molecule has 0 fully saturated rings. The number of nitrogens with two attached hydrogens (primary N) is 1. The molecule has 0 aliphatic heterocycles. The molecule has 0 atom stereocenters. The maximum Gasteiger partial charge on any atom is 0.203 e. The van der Waals surface area contributed by atoms with Crippen molar-refractivity contribution in [2.45, 2.75) is 19.4 Å². The molecule has 18 heavy (non-hydrogen) atoms. The lowest BCUT2D eigenvalue weighted by Crippen LogP contribution is -2.37. The molecule has 0 spiro atoms. The number of benzene rings is 1. The van der Waals surface area contributed by atoms with E-state index < -0.39 is 5.60 Å². The van der Waals surface area contributed by atoms with Gasteiger partial charge in [0.25, 0.3) is 0 Å². The van der Waals surface area contributed by atoms with Crippen molar-refractivity contribution in [1.29, 1.82) is 0 Å². The Morgan fingerprint density at radius 3 is 1.83 bits per heavy atom. The third kappa shape index (κ3) is 3.20. The van der Waals surface area contributed by atoms with Gasteiger partial charge in [-0.3, -0.25) is 0 Å². The highest BCUT2D eigenvalue weighted by Crippen LogP contribution is 2.41. The molecule has 5 nitrogen and oxygen atoms in total. The van der Waals surface area contributed by atoms with E-state index in [2.05, 4.69) is 0 Å². The molecule has 1 aromatic carbocycles. The van der Waals surface area contributed by atoms with Crippen LogP contribution in [0.3, 0.4) is 0 Å². The molecule has 102 valence electrons. The Labute approximate surface area is 108 Å². The van der Waals surface area contributed by atoms with Gasteiger partial charge in [-0.05, 0) is 13.8 Å². The van der Waals surface area contributed by atoms with Crippen molar-refractivity contribution in [3.05, 3.63) is 12.1 Å². The lowest BCUT2D eigenvalue weighted by atomic mass is 10.1. The first kappa shape index (κ1) is 14.4. The van der Waals surface area contributed by atoms with Gasteiger partial charge in [0.15, 0.2) is 11.5 Å². The van der Waals surface area contributed by atoms with Crippen LogP contribution in [0.1, 0.15) is 13.8 Å². The van der Waals surface area contributed by atoms with Crippen LogP contribution in [0.25, 0.3) is 0 Å². The second-order valence-electron chi connectivity index (χ2n) is 4.43. The third-order valence-electron chi connectivity index (χ3n) is 2.52. The maximum atomic E-state index is 5.79. The van der Waals surface area contributed by atoms with E-state index in [-0.39, 0.29) is 0 Å². The van der Waals surface area contributed by atoms with Crippen LogP contribution in [-0.4, -0.2) is 33.5 Å². The predicted octanol–water partition coefficient (Wildman–Crippen LogP) is 1.83. The molecule has 0 radical (unpaired) electrons. The number of rotatable bonds is 6. The average molecular weight is 255 g/mol. The summed E-state index contributed by atoms with van der Waals surface area (Å²) in [6.07, 6.45) is 0. The Balaban J connectivity index is 3.15. The number of hydrogen-bond donors (Lipinski definition) is 1. The molecule has 5 heteroatoms. The zero-order valence-electron chi connectivity index (χ0n) is 11.6. The van der Waals surface area contributed by atoms with Gasteiger partial charge in [-0.1, -0.05) is 0 Å². The van der Waals surface area contributed by atoms with Gasteiger partial charge in [-0.15, -0.1) is 0 Å². The SMILES string of the molecule is COc1cc(OC(C)(C)CN)cc(OC)c1OC. The zero-order chi connectivity index (χ0) is 13.8. The van der Waals surface area contributed by atoms with Gasteiger partial charge in [0.2, 0.25) is 5.75 Å². The molecule has 0 aliphatic carbocycles. The molecule has 0 amide bonds. The molecule has 0 saturated carbocycles.